The van der Waals surface area contributed by atoms with Crippen molar-refractivity contribution in [3.63, 3.8) is 0 Å². The molecule has 128 valence electrons. The summed E-state index contributed by atoms with van der Waals surface area (Å²) in [4.78, 5) is 14.5. The molecular weight excluding hydrogens is 350 g/mol. The second kappa shape index (κ2) is 7.85. The molecule has 1 heterocycles. The standard InChI is InChI=1S/C20H19NO2S2/c1-3-21-19(22)18(25-20(21)24)12-15-8-10-17(11-9-15)23-13-16-6-4-14(2)5-7-16/h4-12H,3,13H2,1-2H3. The van der Waals surface area contributed by atoms with E-state index in [4.69, 9.17) is 17.0 Å². The maximum atomic E-state index is 12.2. The van der Waals surface area contributed by atoms with Crippen LogP contribution in [0.3, 0.4) is 0 Å². The number of carbonyl (C=O) groups is 1. The first-order chi connectivity index (χ1) is 12.1. The van der Waals surface area contributed by atoms with E-state index >= 15 is 0 Å². The molecule has 0 aromatic heterocycles. The molecule has 1 saturated heterocycles. The monoisotopic (exact) mass is 369 g/mol. The summed E-state index contributed by atoms with van der Waals surface area (Å²) in [6.07, 6.45) is 1.87. The van der Waals surface area contributed by atoms with Gasteiger partial charge in [-0.05, 0) is 43.2 Å². The number of ether oxygens (including phenoxy) is 1. The van der Waals surface area contributed by atoms with Crippen LogP contribution in [0, 0.1) is 6.92 Å². The highest BCUT2D eigenvalue weighted by Gasteiger charge is 2.30. The van der Waals surface area contributed by atoms with Crippen LogP contribution < -0.4 is 4.74 Å². The van der Waals surface area contributed by atoms with Gasteiger partial charge in [0, 0.05) is 6.54 Å². The van der Waals surface area contributed by atoms with Gasteiger partial charge in [0.2, 0.25) is 0 Å². The van der Waals surface area contributed by atoms with Crippen molar-refractivity contribution < 1.29 is 9.53 Å². The topological polar surface area (TPSA) is 29.5 Å². The quantitative estimate of drug-likeness (QED) is 0.559. The third-order valence-electron chi connectivity index (χ3n) is 3.89. The summed E-state index contributed by atoms with van der Waals surface area (Å²) < 4.78 is 6.43. The average Bonchev–Trinajstić information content (AvgIpc) is 2.88. The first-order valence-corrected chi connectivity index (χ1v) is 9.33. The van der Waals surface area contributed by atoms with Gasteiger partial charge in [-0.2, -0.15) is 0 Å². The third-order valence-corrected chi connectivity index (χ3v) is 5.27. The van der Waals surface area contributed by atoms with Crippen LogP contribution in [0.1, 0.15) is 23.6 Å². The Morgan fingerprint density at radius 2 is 1.80 bits per heavy atom. The number of likely N-dealkylation sites (N-methyl/N-ethyl adjacent to an activating group) is 1. The summed E-state index contributed by atoms with van der Waals surface area (Å²) in [6, 6.07) is 16.0. The van der Waals surface area contributed by atoms with Gasteiger partial charge in [0.25, 0.3) is 5.91 Å². The highest BCUT2D eigenvalue weighted by molar-refractivity contribution is 8.26. The molecule has 2 aromatic carbocycles. The summed E-state index contributed by atoms with van der Waals surface area (Å²) in [7, 11) is 0. The van der Waals surface area contributed by atoms with E-state index in [1.54, 1.807) is 4.90 Å². The van der Waals surface area contributed by atoms with Gasteiger partial charge in [-0.15, -0.1) is 0 Å². The Hall–Kier alpha value is -2.11. The molecule has 25 heavy (non-hydrogen) atoms. The van der Waals surface area contributed by atoms with Crippen molar-refractivity contribution >= 4 is 40.3 Å². The van der Waals surface area contributed by atoms with Crippen LogP contribution in [0.15, 0.2) is 53.4 Å². The molecule has 0 unspecified atom stereocenters. The Morgan fingerprint density at radius 3 is 2.40 bits per heavy atom. The maximum absolute atomic E-state index is 12.2. The number of hydrogen-bond acceptors (Lipinski definition) is 4. The van der Waals surface area contributed by atoms with Crippen LogP contribution in [0.25, 0.3) is 6.08 Å². The van der Waals surface area contributed by atoms with E-state index in [1.807, 2.05) is 37.3 Å². The molecule has 5 heteroatoms. The van der Waals surface area contributed by atoms with E-state index in [0.717, 1.165) is 16.9 Å². The summed E-state index contributed by atoms with van der Waals surface area (Å²) in [6.45, 7) is 5.13. The molecule has 0 radical (unpaired) electrons. The normalized spacial score (nSPS) is 15.9. The second-order valence-electron chi connectivity index (χ2n) is 5.77. The van der Waals surface area contributed by atoms with Gasteiger partial charge in [-0.3, -0.25) is 9.69 Å². The van der Waals surface area contributed by atoms with Crippen molar-refractivity contribution in [2.24, 2.45) is 0 Å². The summed E-state index contributed by atoms with van der Waals surface area (Å²) in [5.41, 5.74) is 3.33. The number of amides is 1. The molecule has 0 aliphatic carbocycles. The van der Waals surface area contributed by atoms with Crippen molar-refractivity contribution in [2.45, 2.75) is 20.5 Å². The van der Waals surface area contributed by atoms with E-state index in [-0.39, 0.29) is 5.91 Å². The molecule has 0 bridgehead atoms. The fourth-order valence-corrected chi connectivity index (χ4v) is 3.82. The molecule has 0 saturated carbocycles. The molecule has 1 amide bonds. The first-order valence-electron chi connectivity index (χ1n) is 8.10. The zero-order valence-electron chi connectivity index (χ0n) is 14.2. The van der Waals surface area contributed by atoms with Crippen molar-refractivity contribution in [3.05, 3.63) is 70.1 Å². The van der Waals surface area contributed by atoms with E-state index in [9.17, 15) is 4.79 Å². The third kappa shape index (κ3) is 4.30. The molecule has 0 atom stereocenters. The summed E-state index contributed by atoms with van der Waals surface area (Å²) in [5, 5.41) is 0. The Bertz CT molecular complexity index is 811. The van der Waals surface area contributed by atoms with Crippen LogP contribution in [0.5, 0.6) is 5.75 Å². The Balaban J connectivity index is 1.64. The van der Waals surface area contributed by atoms with E-state index < -0.39 is 0 Å². The van der Waals surface area contributed by atoms with Crippen molar-refractivity contribution in [2.75, 3.05) is 6.54 Å². The number of hydrogen-bond donors (Lipinski definition) is 0. The lowest BCUT2D eigenvalue weighted by atomic mass is 10.1. The number of rotatable bonds is 5. The highest BCUT2D eigenvalue weighted by Crippen LogP contribution is 2.32. The van der Waals surface area contributed by atoms with Crippen molar-refractivity contribution in [3.8, 4) is 5.75 Å². The SMILES string of the molecule is CCN1C(=O)C(=Cc2ccc(OCc3ccc(C)cc3)cc2)SC1=S. The van der Waals surface area contributed by atoms with Crippen molar-refractivity contribution in [1.29, 1.82) is 0 Å². The highest BCUT2D eigenvalue weighted by atomic mass is 32.2. The van der Waals surface area contributed by atoms with Gasteiger partial charge in [-0.1, -0.05) is 65.9 Å². The van der Waals surface area contributed by atoms with Gasteiger partial charge in [0.15, 0.2) is 0 Å². The zero-order chi connectivity index (χ0) is 17.8. The van der Waals surface area contributed by atoms with Crippen molar-refractivity contribution in [1.82, 2.24) is 4.90 Å². The van der Waals surface area contributed by atoms with E-state index in [2.05, 4.69) is 31.2 Å². The number of thiocarbonyl (C=S) groups is 1. The number of aryl methyl sites for hydroxylation is 1. The minimum absolute atomic E-state index is 0.0165. The molecule has 2 aromatic rings. The van der Waals surface area contributed by atoms with E-state index in [0.29, 0.717) is 22.4 Å². The molecule has 0 N–H and O–H groups in total. The number of nitrogens with zero attached hydrogens (tertiary/aromatic N) is 1. The molecule has 1 fully saturated rings. The summed E-state index contributed by atoms with van der Waals surface area (Å²) in [5.74, 6) is 0.788. The lowest BCUT2D eigenvalue weighted by Gasteiger charge is -2.09. The molecule has 0 spiro atoms. The molecule has 1 aliphatic heterocycles. The van der Waals surface area contributed by atoms with Gasteiger partial charge in [0.05, 0.1) is 4.91 Å². The zero-order valence-corrected chi connectivity index (χ0v) is 15.8. The second-order valence-corrected chi connectivity index (χ2v) is 7.45. The lowest BCUT2D eigenvalue weighted by Crippen LogP contribution is -2.27. The molecule has 3 nitrogen and oxygen atoms in total. The van der Waals surface area contributed by atoms with Gasteiger partial charge in [0.1, 0.15) is 16.7 Å². The fraction of sp³-hybridized carbons (Fsp3) is 0.200. The Morgan fingerprint density at radius 1 is 1.12 bits per heavy atom. The number of benzene rings is 2. The van der Waals surface area contributed by atoms with Crippen LogP contribution in [0.2, 0.25) is 0 Å². The average molecular weight is 370 g/mol. The minimum Gasteiger partial charge on any atom is -0.489 e. The molecule has 1 aliphatic rings. The minimum atomic E-state index is -0.0165. The Labute approximate surface area is 157 Å². The van der Waals surface area contributed by atoms with Crippen LogP contribution >= 0.6 is 24.0 Å². The predicted octanol–water partition coefficient (Wildman–Crippen LogP) is 4.80. The van der Waals surface area contributed by atoms with Crippen LogP contribution in [-0.2, 0) is 11.4 Å². The first kappa shape index (κ1) is 17.7. The van der Waals surface area contributed by atoms with E-state index in [1.165, 1.54) is 17.3 Å². The molecule has 3 rings (SSSR count). The van der Waals surface area contributed by atoms with Gasteiger partial charge >= 0.3 is 0 Å². The smallest absolute Gasteiger partial charge is 0.266 e. The largest absolute Gasteiger partial charge is 0.489 e. The maximum Gasteiger partial charge on any atom is 0.266 e. The van der Waals surface area contributed by atoms with Gasteiger partial charge in [-0.25, -0.2) is 0 Å². The van der Waals surface area contributed by atoms with Crippen LogP contribution in [-0.4, -0.2) is 21.7 Å². The molecular formula is C20H19NO2S2. The predicted molar refractivity (Wildman–Crippen MR) is 108 cm³/mol. The van der Waals surface area contributed by atoms with Crippen LogP contribution in [0.4, 0.5) is 0 Å². The lowest BCUT2D eigenvalue weighted by molar-refractivity contribution is -0.121. The fourth-order valence-electron chi connectivity index (χ4n) is 2.44. The Kier molecular flexibility index (Phi) is 5.56. The summed E-state index contributed by atoms with van der Waals surface area (Å²) >= 11 is 6.58. The van der Waals surface area contributed by atoms with Gasteiger partial charge < -0.3 is 4.74 Å². The number of thioether (sulfide) groups is 1. The number of carbonyl (C=O) groups excluding carboxylic acids is 1.